The predicted molar refractivity (Wildman–Crippen MR) is 55.0 cm³/mol. The maximum absolute atomic E-state index is 5.69. The highest BCUT2D eigenvalue weighted by molar-refractivity contribution is 7.99. The van der Waals surface area contributed by atoms with Crippen LogP contribution in [0.2, 0.25) is 0 Å². The highest BCUT2D eigenvalue weighted by Crippen LogP contribution is 2.21. The van der Waals surface area contributed by atoms with Gasteiger partial charge in [0.15, 0.2) is 0 Å². The Hall–Kier alpha value is -0.210. The second-order valence-electron chi connectivity index (χ2n) is 2.75. The van der Waals surface area contributed by atoms with Gasteiger partial charge < -0.3 is 0 Å². The van der Waals surface area contributed by atoms with E-state index in [0.29, 0.717) is 11.1 Å². The number of halogens is 1. The van der Waals surface area contributed by atoms with Crippen molar-refractivity contribution in [3.8, 4) is 0 Å². The molecular formula is C9H12ClNS. The number of hydrogen-bond acceptors (Lipinski definition) is 2. The smallest absolute Gasteiger partial charge is 0.0965 e. The van der Waals surface area contributed by atoms with E-state index < -0.39 is 0 Å². The molecule has 0 radical (unpaired) electrons. The van der Waals surface area contributed by atoms with E-state index in [9.17, 15) is 0 Å². The van der Waals surface area contributed by atoms with Crippen molar-refractivity contribution in [2.75, 3.05) is 5.88 Å². The fourth-order valence-corrected chi connectivity index (χ4v) is 1.85. The number of pyridine rings is 1. The third-order valence-electron chi connectivity index (χ3n) is 1.43. The van der Waals surface area contributed by atoms with Crippen molar-refractivity contribution in [1.82, 2.24) is 4.98 Å². The molecule has 0 fully saturated rings. The zero-order valence-electron chi connectivity index (χ0n) is 7.25. The first kappa shape index (κ1) is 9.87. The van der Waals surface area contributed by atoms with Gasteiger partial charge in [0.2, 0.25) is 0 Å². The Bertz CT molecular complexity index is 252. The highest BCUT2D eigenvalue weighted by Gasteiger charge is 2.02. The number of nitrogens with zero attached hydrogens (tertiary/aromatic N) is 1. The molecule has 1 nitrogen and oxygen atoms in total. The molecule has 0 aliphatic rings. The number of aryl methyl sites for hydroxylation is 1. The van der Waals surface area contributed by atoms with Crippen molar-refractivity contribution < 1.29 is 0 Å². The van der Waals surface area contributed by atoms with Gasteiger partial charge in [0.25, 0.3) is 0 Å². The Kier molecular flexibility index (Phi) is 3.89. The summed E-state index contributed by atoms with van der Waals surface area (Å²) in [5.74, 6) is 0.667. The Morgan fingerprint density at radius 1 is 1.67 bits per heavy atom. The lowest BCUT2D eigenvalue weighted by Gasteiger charge is -2.05. The van der Waals surface area contributed by atoms with Gasteiger partial charge in [0, 0.05) is 17.3 Å². The van der Waals surface area contributed by atoms with E-state index in [2.05, 4.69) is 24.9 Å². The first-order valence-electron chi connectivity index (χ1n) is 3.87. The van der Waals surface area contributed by atoms with Gasteiger partial charge in [-0.25, -0.2) is 4.98 Å². The van der Waals surface area contributed by atoms with Crippen molar-refractivity contribution in [2.24, 2.45) is 0 Å². The van der Waals surface area contributed by atoms with Crippen molar-refractivity contribution in [3.05, 3.63) is 23.9 Å². The Morgan fingerprint density at radius 3 is 3.00 bits per heavy atom. The summed E-state index contributed by atoms with van der Waals surface area (Å²) in [5, 5.41) is 1.49. The topological polar surface area (TPSA) is 12.9 Å². The molecule has 0 N–H and O–H groups in total. The van der Waals surface area contributed by atoms with E-state index >= 15 is 0 Å². The number of thioether (sulfide) groups is 1. The van der Waals surface area contributed by atoms with Crippen LogP contribution in [0.25, 0.3) is 0 Å². The molecule has 1 atom stereocenters. The molecule has 0 aliphatic heterocycles. The molecule has 0 bridgehead atoms. The molecule has 1 heterocycles. The van der Waals surface area contributed by atoms with Crippen molar-refractivity contribution >= 4 is 23.4 Å². The summed E-state index contributed by atoms with van der Waals surface area (Å²) in [7, 11) is 0. The molecule has 1 unspecified atom stereocenters. The lowest BCUT2D eigenvalue weighted by Crippen LogP contribution is -1.97. The normalized spacial score (nSPS) is 12.9. The lowest BCUT2D eigenvalue weighted by molar-refractivity contribution is 1.07. The van der Waals surface area contributed by atoms with Gasteiger partial charge in [-0.05, 0) is 24.6 Å². The first-order valence-corrected chi connectivity index (χ1v) is 5.29. The van der Waals surface area contributed by atoms with Crippen molar-refractivity contribution in [1.29, 1.82) is 0 Å². The Balaban J connectivity index is 2.63. The molecule has 0 saturated heterocycles. The number of alkyl halides is 1. The summed E-state index contributed by atoms with van der Waals surface area (Å²) < 4.78 is 0. The minimum absolute atomic E-state index is 0.431. The van der Waals surface area contributed by atoms with Crippen LogP contribution in [0.1, 0.15) is 12.5 Å². The summed E-state index contributed by atoms with van der Waals surface area (Å²) >= 11 is 7.41. The van der Waals surface area contributed by atoms with E-state index in [4.69, 9.17) is 11.6 Å². The number of hydrogen-bond donors (Lipinski definition) is 0. The summed E-state index contributed by atoms with van der Waals surface area (Å²) in [6.07, 6.45) is 1.83. The molecule has 12 heavy (non-hydrogen) atoms. The molecule has 0 saturated carbocycles. The molecule has 0 amide bonds. The molecule has 3 heteroatoms. The average Bonchev–Trinajstić information content (AvgIpc) is 2.04. The minimum atomic E-state index is 0.431. The molecule has 0 aliphatic carbocycles. The van der Waals surface area contributed by atoms with E-state index in [1.165, 1.54) is 5.56 Å². The third kappa shape index (κ3) is 3.03. The Labute approximate surface area is 82.5 Å². The van der Waals surface area contributed by atoms with Crippen LogP contribution in [-0.4, -0.2) is 16.1 Å². The zero-order valence-corrected chi connectivity index (χ0v) is 8.82. The van der Waals surface area contributed by atoms with Crippen molar-refractivity contribution in [2.45, 2.75) is 24.1 Å². The quantitative estimate of drug-likeness (QED) is 0.551. The van der Waals surface area contributed by atoms with Crippen LogP contribution in [0.15, 0.2) is 23.4 Å². The standard InChI is InChI=1S/C9H12ClNS/c1-7-3-4-11-9(5-7)12-8(2)6-10/h3-5,8H,6H2,1-2H3. The van der Waals surface area contributed by atoms with Crippen LogP contribution in [0.4, 0.5) is 0 Å². The molecule has 0 spiro atoms. The summed E-state index contributed by atoms with van der Waals surface area (Å²) in [6, 6.07) is 4.07. The van der Waals surface area contributed by atoms with Gasteiger partial charge in [-0.2, -0.15) is 0 Å². The summed E-state index contributed by atoms with van der Waals surface area (Å²) in [5.41, 5.74) is 1.24. The van der Waals surface area contributed by atoms with E-state index in [1.807, 2.05) is 12.3 Å². The van der Waals surface area contributed by atoms with Crippen LogP contribution in [0, 0.1) is 6.92 Å². The van der Waals surface area contributed by atoms with E-state index in [-0.39, 0.29) is 0 Å². The second-order valence-corrected chi connectivity index (χ2v) is 4.52. The maximum Gasteiger partial charge on any atom is 0.0965 e. The molecule has 66 valence electrons. The number of rotatable bonds is 3. The SMILES string of the molecule is Cc1ccnc(SC(C)CCl)c1. The van der Waals surface area contributed by atoms with Gasteiger partial charge in [-0.3, -0.25) is 0 Å². The van der Waals surface area contributed by atoms with Gasteiger partial charge in [-0.15, -0.1) is 23.4 Å². The van der Waals surface area contributed by atoms with E-state index in [1.54, 1.807) is 11.8 Å². The largest absolute Gasteiger partial charge is 0.250 e. The van der Waals surface area contributed by atoms with Crippen LogP contribution >= 0.6 is 23.4 Å². The van der Waals surface area contributed by atoms with Gasteiger partial charge in [-0.1, -0.05) is 6.92 Å². The van der Waals surface area contributed by atoms with Gasteiger partial charge in [0.05, 0.1) is 5.03 Å². The van der Waals surface area contributed by atoms with Crippen molar-refractivity contribution in [3.63, 3.8) is 0 Å². The fourth-order valence-electron chi connectivity index (χ4n) is 0.811. The van der Waals surface area contributed by atoms with Gasteiger partial charge >= 0.3 is 0 Å². The third-order valence-corrected chi connectivity index (χ3v) is 3.11. The van der Waals surface area contributed by atoms with E-state index in [0.717, 1.165) is 5.03 Å². The van der Waals surface area contributed by atoms with Gasteiger partial charge in [0.1, 0.15) is 0 Å². The molecule has 1 rings (SSSR count). The molecule has 0 aromatic carbocycles. The van der Waals surface area contributed by atoms with Crippen LogP contribution in [0.3, 0.4) is 0 Å². The number of aromatic nitrogens is 1. The second kappa shape index (κ2) is 4.73. The zero-order chi connectivity index (χ0) is 8.97. The molecule has 1 aromatic rings. The molecular weight excluding hydrogens is 190 g/mol. The van der Waals surface area contributed by atoms with Crippen LogP contribution in [-0.2, 0) is 0 Å². The lowest BCUT2D eigenvalue weighted by atomic mass is 10.3. The summed E-state index contributed by atoms with van der Waals surface area (Å²) in [4.78, 5) is 4.23. The fraction of sp³-hybridized carbons (Fsp3) is 0.444. The van der Waals surface area contributed by atoms with Crippen LogP contribution in [0.5, 0.6) is 0 Å². The Morgan fingerprint density at radius 2 is 2.42 bits per heavy atom. The predicted octanol–water partition coefficient (Wildman–Crippen LogP) is 3.11. The monoisotopic (exact) mass is 201 g/mol. The molecule has 1 aromatic heterocycles. The van der Waals surface area contributed by atoms with Crippen LogP contribution < -0.4 is 0 Å². The average molecular weight is 202 g/mol. The highest BCUT2D eigenvalue weighted by atomic mass is 35.5. The first-order chi connectivity index (χ1) is 5.72. The maximum atomic E-state index is 5.69. The summed E-state index contributed by atoms with van der Waals surface area (Å²) in [6.45, 7) is 4.17. The minimum Gasteiger partial charge on any atom is -0.250 e.